The number of ether oxygens (including phenoxy) is 1. The summed E-state index contributed by atoms with van der Waals surface area (Å²) >= 11 is 1.83. The van der Waals surface area contributed by atoms with Crippen LogP contribution in [-0.4, -0.2) is 13.2 Å². The van der Waals surface area contributed by atoms with Gasteiger partial charge in [0.05, 0.1) is 6.61 Å². The first kappa shape index (κ1) is 15.1. The SMILES string of the molecule is CC(C)C(NCCCOc1ccccc1)c1cccs1. The second kappa shape index (κ2) is 8.08. The van der Waals surface area contributed by atoms with E-state index in [1.165, 1.54) is 4.88 Å². The van der Waals surface area contributed by atoms with E-state index in [-0.39, 0.29) is 0 Å². The predicted molar refractivity (Wildman–Crippen MR) is 86.5 cm³/mol. The van der Waals surface area contributed by atoms with Crippen LogP contribution in [0.25, 0.3) is 0 Å². The number of hydrogen-bond donors (Lipinski definition) is 1. The number of benzene rings is 1. The first-order valence-electron chi connectivity index (χ1n) is 7.22. The lowest BCUT2D eigenvalue weighted by molar-refractivity contribution is 0.299. The van der Waals surface area contributed by atoms with Gasteiger partial charge >= 0.3 is 0 Å². The molecule has 0 fully saturated rings. The minimum atomic E-state index is 0.451. The molecule has 0 radical (unpaired) electrons. The van der Waals surface area contributed by atoms with Crippen LogP contribution in [0.1, 0.15) is 31.2 Å². The molecule has 0 aliphatic carbocycles. The molecule has 0 spiro atoms. The Bertz CT molecular complexity index is 467. The highest BCUT2D eigenvalue weighted by atomic mass is 32.1. The van der Waals surface area contributed by atoms with E-state index < -0.39 is 0 Å². The van der Waals surface area contributed by atoms with E-state index in [4.69, 9.17) is 4.74 Å². The highest BCUT2D eigenvalue weighted by molar-refractivity contribution is 7.10. The summed E-state index contributed by atoms with van der Waals surface area (Å²) in [4.78, 5) is 1.42. The molecule has 0 aliphatic rings. The van der Waals surface area contributed by atoms with Crippen LogP contribution in [0.15, 0.2) is 47.8 Å². The van der Waals surface area contributed by atoms with Crippen molar-refractivity contribution < 1.29 is 4.74 Å². The lowest BCUT2D eigenvalue weighted by atomic mass is 10.0. The van der Waals surface area contributed by atoms with Crippen LogP contribution < -0.4 is 10.1 Å². The van der Waals surface area contributed by atoms with E-state index in [1.807, 2.05) is 41.7 Å². The van der Waals surface area contributed by atoms with Gasteiger partial charge < -0.3 is 10.1 Å². The van der Waals surface area contributed by atoms with Gasteiger partial charge in [-0.15, -0.1) is 11.3 Å². The molecule has 1 N–H and O–H groups in total. The van der Waals surface area contributed by atoms with Gasteiger partial charge in [0.2, 0.25) is 0 Å². The van der Waals surface area contributed by atoms with Crippen molar-refractivity contribution in [2.75, 3.05) is 13.2 Å². The van der Waals surface area contributed by atoms with Crippen molar-refractivity contribution in [1.29, 1.82) is 0 Å². The molecular formula is C17H23NOS. The second-order valence-electron chi connectivity index (χ2n) is 5.21. The summed E-state index contributed by atoms with van der Waals surface area (Å²) in [5.74, 6) is 1.55. The molecule has 0 amide bonds. The summed E-state index contributed by atoms with van der Waals surface area (Å²) in [5, 5.41) is 5.78. The fourth-order valence-electron chi connectivity index (χ4n) is 2.17. The molecule has 1 aromatic carbocycles. The summed E-state index contributed by atoms with van der Waals surface area (Å²) in [6.07, 6.45) is 1.02. The summed E-state index contributed by atoms with van der Waals surface area (Å²) in [6.45, 7) is 6.26. The van der Waals surface area contributed by atoms with Crippen LogP contribution in [0, 0.1) is 5.92 Å². The molecule has 2 nitrogen and oxygen atoms in total. The molecule has 2 aromatic rings. The number of para-hydroxylation sites is 1. The van der Waals surface area contributed by atoms with Gasteiger partial charge in [-0.05, 0) is 42.5 Å². The van der Waals surface area contributed by atoms with E-state index in [1.54, 1.807) is 0 Å². The number of thiophene rings is 1. The maximum absolute atomic E-state index is 5.70. The van der Waals surface area contributed by atoms with Crippen molar-refractivity contribution in [2.45, 2.75) is 26.3 Å². The fraction of sp³-hybridized carbons (Fsp3) is 0.412. The lowest BCUT2D eigenvalue weighted by Gasteiger charge is -2.21. The molecule has 1 unspecified atom stereocenters. The maximum Gasteiger partial charge on any atom is 0.119 e. The maximum atomic E-state index is 5.70. The van der Waals surface area contributed by atoms with Gasteiger partial charge in [0.1, 0.15) is 5.75 Å². The normalized spacial score (nSPS) is 12.6. The third kappa shape index (κ3) is 4.66. The summed E-state index contributed by atoms with van der Waals surface area (Å²) in [7, 11) is 0. The Morgan fingerprint density at radius 2 is 1.90 bits per heavy atom. The van der Waals surface area contributed by atoms with Crippen LogP contribution in [0.3, 0.4) is 0 Å². The van der Waals surface area contributed by atoms with Crippen LogP contribution in [-0.2, 0) is 0 Å². The van der Waals surface area contributed by atoms with Crippen molar-refractivity contribution in [3.8, 4) is 5.75 Å². The first-order valence-corrected chi connectivity index (χ1v) is 8.10. The molecule has 2 rings (SSSR count). The number of rotatable bonds is 8. The number of nitrogens with one attached hydrogen (secondary N) is 1. The minimum Gasteiger partial charge on any atom is -0.494 e. The van der Waals surface area contributed by atoms with Crippen LogP contribution >= 0.6 is 11.3 Å². The Kier molecular flexibility index (Phi) is 6.09. The number of hydrogen-bond acceptors (Lipinski definition) is 3. The van der Waals surface area contributed by atoms with Gasteiger partial charge in [-0.2, -0.15) is 0 Å². The molecule has 20 heavy (non-hydrogen) atoms. The largest absolute Gasteiger partial charge is 0.494 e. The zero-order valence-electron chi connectivity index (χ0n) is 12.2. The Labute approximate surface area is 125 Å². The van der Waals surface area contributed by atoms with Crippen LogP contribution in [0.5, 0.6) is 5.75 Å². The quantitative estimate of drug-likeness (QED) is 0.722. The molecule has 3 heteroatoms. The average molecular weight is 289 g/mol. The zero-order chi connectivity index (χ0) is 14.2. The van der Waals surface area contributed by atoms with E-state index in [0.717, 1.165) is 25.3 Å². The van der Waals surface area contributed by atoms with Crippen molar-refractivity contribution in [3.63, 3.8) is 0 Å². The summed E-state index contributed by atoms with van der Waals surface area (Å²) in [6, 6.07) is 14.8. The molecule has 108 valence electrons. The van der Waals surface area contributed by atoms with Crippen molar-refractivity contribution >= 4 is 11.3 Å². The Morgan fingerprint density at radius 3 is 2.55 bits per heavy atom. The van der Waals surface area contributed by atoms with Gasteiger partial charge in [-0.25, -0.2) is 0 Å². The van der Waals surface area contributed by atoms with E-state index in [0.29, 0.717) is 12.0 Å². The van der Waals surface area contributed by atoms with Gasteiger partial charge in [0, 0.05) is 10.9 Å². The van der Waals surface area contributed by atoms with Gasteiger partial charge in [0.15, 0.2) is 0 Å². The summed E-state index contributed by atoms with van der Waals surface area (Å²) < 4.78 is 5.70. The highest BCUT2D eigenvalue weighted by Gasteiger charge is 2.15. The molecular weight excluding hydrogens is 266 g/mol. The second-order valence-corrected chi connectivity index (χ2v) is 6.19. The standard InChI is InChI=1S/C17H23NOS/c1-14(2)17(16-10-6-13-20-16)18-11-7-12-19-15-8-4-3-5-9-15/h3-6,8-10,13-14,17-18H,7,11-12H2,1-2H3. The molecule has 0 saturated carbocycles. The Morgan fingerprint density at radius 1 is 1.10 bits per heavy atom. The molecule has 0 aliphatic heterocycles. The predicted octanol–water partition coefficient (Wildman–Crippen LogP) is 4.50. The average Bonchev–Trinajstić information content (AvgIpc) is 2.97. The summed E-state index contributed by atoms with van der Waals surface area (Å²) in [5.41, 5.74) is 0. The fourth-order valence-corrected chi connectivity index (χ4v) is 3.14. The van der Waals surface area contributed by atoms with Crippen molar-refractivity contribution in [3.05, 3.63) is 52.7 Å². The highest BCUT2D eigenvalue weighted by Crippen LogP contribution is 2.25. The third-order valence-electron chi connectivity index (χ3n) is 3.21. The van der Waals surface area contributed by atoms with Crippen LogP contribution in [0.2, 0.25) is 0 Å². The third-order valence-corrected chi connectivity index (χ3v) is 4.17. The van der Waals surface area contributed by atoms with Gasteiger partial charge in [0.25, 0.3) is 0 Å². The lowest BCUT2D eigenvalue weighted by Crippen LogP contribution is -2.26. The Balaban J connectivity index is 1.69. The monoisotopic (exact) mass is 289 g/mol. The molecule has 1 aromatic heterocycles. The minimum absolute atomic E-state index is 0.451. The van der Waals surface area contributed by atoms with E-state index >= 15 is 0 Å². The molecule has 0 saturated heterocycles. The zero-order valence-corrected chi connectivity index (χ0v) is 13.0. The van der Waals surface area contributed by atoms with E-state index in [9.17, 15) is 0 Å². The van der Waals surface area contributed by atoms with Crippen LogP contribution in [0.4, 0.5) is 0 Å². The molecule has 0 bridgehead atoms. The van der Waals surface area contributed by atoms with Gasteiger partial charge in [-0.1, -0.05) is 38.1 Å². The van der Waals surface area contributed by atoms with Crippen molar-refractivity contribution in [2.24, 2.45) is 5.92 Å². The first-order chi connectivity index (χ1) is 9.77. The molecule has 1 atom stereocenters. The van der Waals surface area contributed by atoms with E-state index in [2.05, 4.69) is 36.7 Å². The molecule has 1 heterocycles. The topological polar surface area (TPSA) is 21.3 Å². The Hall–Kier alpha value is -1.32. The van der Waals surface area contributed by atoms with Crippen molar-refractivity contribution in [1.82, 2.24) is 5.32 Å². The smallest absolute Gasteiger partial charge is 0.119 e. The van der Waals surface area contributed by atoms with Gasteiger partial charge in [-0.3, -0.25) is 0 Å².